The molecule has 0 saturated carbocycles. The molecule has 2 nitrogen and oxygen atoms in total. The summed E-state index contributed by atoms with van der Waals surface area (Å²) in [5.41, 5.74) is 7.78. The van der Waals surface area contributed by atoms with E-state index in [1.165, 1.54) is 11.3 Å². The third-order valence-corrected chi connectivity index (χ3v) is 5.17. The van der Waals surface area contributed by atoms with Crippen LogP contribution in [-0.2, 0) is 5.41 Å². The van der Waals surface area contributed by atoms with Gasteiger partial charge in [-0.05, 0) is 48.4 Å². The molecule has 0 fully saturated rings. The second kappa shape index (κ2) is 5.54. The minimum absolute atomic E-state index is 0.123. The van der Waals surface area contributed by atoms with Gasteiger partial charge >= 0.3 is 0 Å². The van der Waals surface area contributed by atoms with E-state index in [2.05, 4.69) is 61.9 Å². The first-order chi connectivity index (χ1) is 12.0. The van der Waals surface area contributed by atoms with Crippen molar-refractivity contribution in [1.82, 2.24) is 0 Å². The number of anilines is 1. The number of phenolic OH excluding ortho intramolecular Hbond substituents is 1. The summed E-state index contributed by atoms with van der Waals surface area (Å²) < 4.78 is 0. The second-order valence-corrected chi connectivity index (χ2v) is 7.06. The Morgan fingerprint density at radius 2 is 1.68 bits per heavy atom. The zero-order chi connectivity index (χ0) is 17.6. The van der Waals surface area contributed by atoms with E-state index in [0.717, 1.165) is 22.0 Å². The molecule has 3 aromatic carbocycles. The Morgan fingerprint density at radius 1 is 0.960 bits per heavy atom. The number of fused-ring (bicyclic) bond motifs is 2. The van der Waals surface area contributed by atoms with E-state index < -0.39 is 0 Å². The smallest absolute Gasteiger partial charge is 0.124 e. The van der Waals surface area contributed by atoms with E-state index in [4.69, 9.17) is 0 Å². The molecule has 1 N–H and O–H groups in total. The Hall–Kier alpha value is -2.96. The second-order valence-electron chi connectivity index (χ2n) is 7.06. The molecule has 0 unspecified atom stereocenters. The van der Waals surface area contributed by atoms with Gasteiger partial charge in [0.2, 0.25) is 0 Å². The van der Waals surface area contributed by atoms with Crippen LogP contribution >= 0.6 is 0 Å². The average Bonchev–Trinajstić information content (AvgIpc) is 2.81. The molecule has 0 aliphatic carbocycles. The highest BCUT2D eigenvalue weighted by Crippen LogP contribution is 2.46. The van der Waals surface area contributed by atoms with Gasteiger partial charge in [0.05, 0.1) is 5.70 Å². The molecule has 4 rings (SSSR count). The van der Waals surface area contributed by atoms with Gasteiger partial charge in [-0.3, -0.25) is 0 Å². The van der Waals surface area contributed by atoms with Gasteiger partial charge in [0, 0.05) is 23.7 Å². The Balaban J connectivity index is 1.92. The van der Waals surface area contributed by atoms with Crippen molar-refractivity contribution in [3.8, 4) is 5.75 Å². The number of hydrogen-bond donors (Lipinski definition) is 1. The maximum atomic E-state index is 10.4. The van der Waals surface area contributed by atoms with Crippen molar-refractivity contribution in [2.45, 2.75) is 19.3 Å². The van der Waals surface area contributed by atoms with Crippen molar-refractivity contribution in [3.63, 3.8) is 0 Å². The van der Waals surface area contributed by atoms with Crippen molar-refractivity contribution >= 4 is 22.5 Å². The highest BCUT2D eigenvalue weighted by molar-refractivity contribution is 5.93. The maximum Gasteiger partial charge on any atom is 0.124 e. The van der Waals surface area contributed by atoms with E-state index in [9.17, 15) is 5.11 Å². The van der Waals surface area contributed by atoms with E-state index >= 15 is 0 Å². The summed E-state index contributed by atoms with van der Waals surface area (Å²) in [5.74, 6) is 0.280. The summed E-state index contributed by atoms with van der Waals surface area (Å²) in [6.45, 7) is 4.43. The van der Waals surface area contributed by atoms with Gasteiger partial charge in [0.1, 0.15) is 5.75 Å². The highest BCUT2D eigenvalue weighted by Gasteiger charge is 2.38. The topological polar surface area (TPSA) is 23.5 Å². The number of allylic oxidation sites excluding steroid dienone is 1. The Labute approximate surface area is 148 Å². The standard InChI is InChI=1S/C23H21NO/c1-23(2)19-10-6-7-11-20(19)24(3)22(23)15-13-18-17-9-5-4-8-16(17)12-14-21(18)25/h4-14,25H,1-3H3. The van der Waals surface area contributed by atoms with Crippen molar-refractivity contribution in [3.05, 3.63) is 83.2 Å². The molecule has 1 aliphatic rings. The van der Waals surface area contributed by atoms with Crippen molar-refractivity contribution in [2.24, 2.45) is 0 Å². The Bertz CT molecular complexity index is 1040. The minimum Gasteiger partial charge on any atom is -0.507 e. The zero-order valence-corrected chi connectivity index (χ0v) is 14.7. The molecule has 0 atom stereocenters. The highest BCUT2D eigenvalue weighted by atomic mass is 16.3. The lowest BCUT2D eigenvalue weighted by molar-refractivity contribution is 0.475. The lowest BCUT2D eigenvalue weighted by Crippen LogP contribution is -2.22. The van der Waals surface area contributed by atoms with Crippen LogP contribution in [0, 0.1) is 0 Å². The van der Waals surface area contributed by atoms with E-state index in [0.29, 0.717) is 0 Å². The fourth-order valence-corrected chi connectivity index (χ4v) is 3.82. The quantitative estimate of drug-likeness (QED) is 0.599. The van der Waals surface area contributed by atoms with Gasteiger partial charge in [-0.25, -0.2) is 0 Å². The van der Waals surface area contributed by atoms with E-state index in [1.807, 2.05) is 30.3 Å². The fourth-order valence-electron chi connectivity index (χ4n) is 3.82. The molecule has 2 heteroatoms. The molecular weight excluding hydrogens is 306 g/mol. The third-order valence-electron chi connectivity index (χ3n) is 5.17. The van der Waals surface area contributed by atoms with E-state index in [1.54, 1.807) is 6.07 Å². The number of nitrogens with zero attached hydrogens (tertiary/aromatic N) is 1. The Morgan fingerprint density at radius 3 is 2.48 bits per heavy atom. The summed E-state index contributed by atoms with van der Waals surface area (Å²) >= 11 is 0. The number of para-hydroxylation sites is 1. The molecule has 25 heavy (non-hydrogen) atoms. The molecule has 0 amide bonds. The molecule has 0 aromatic heterocycles. The van der Waals surface area contributed by atoms with Crippen LogP contribution in [-0.4, -0.2) is 12.2 Å². The van der Waals surface area contributed by atoms with Crippen molar-refractivity contribution in [2.75, 3.05) is 11.9 Å². The first-order valence-corrected chi connectivity index (χ1v) is 8.51. The molecule has 0 bridgehead atoms. The number of likely N-dealkylation sites (N-methyl/N-ethyl adjacent to an activating group) is 1. The first kappa shape index (κ1) is 15.6. The van der Waals surface area contributed by atoms with Gasteiger partial charge < -0.3 is 10.0 Å². The molecule has 1 heterocycles. The normalized spacial score (nSPS) is 15.2. The monoisotopic (exact) mass is 327 g/mol. The van der Waals surface area contributed by atoms with Gasteiger partial charge in [0.15, 0.2) is 0 Å². The van der Waals surface area contributed by atoms with Crippen LogP contribution in [0.25, 0.3) is 16.8 Å². The summed E-state index contributed by atoms with van der Waals surface area (Å²) in [6.07, 6.45) is 1.91. The summed E-state index contributed by atoms with van der Waals surface area (Å²) in [7, 11) is 2.08. The maximum absolute atomic E-state index is 10.4. The van der Waals surface area contributed by atoms with Crippen LogP contribution in [0.15, 0.2) is 72.1 Å². The van der Waals surface area contributed by atoms with Crippen LogP contribution in [0.2, 0.25) is 0 Å². The van der Waals surface area contributed by atoms with Gasteiger partial charge in [-0.2, -0.15) is 0 Å². The molecule has 3 aromatic rings. The number of benzene rings is 3. The molecule has 1 aliphatic heterocycles. The lowest BCUT2D eigenvalue weighted by Gasteiger charge is -2.21. The average molecular weight is 327 g/mol. The van der Waals surface area contributed by atoms with E-state index in [-0.39, 0.29) is 11.2 Å². The van der Waals surface area contributed by atoms with Crippen LogP contribution in [0.4, 0.5) is 5.69 Å². The summed E-state index contributed by atoms with van der Waals surface area (Å²) in [5, 5.41) is 12.5. The fraction of sp³-hybridized carbons (Fsp3) is 0.174. The number of hydrogen-bond acceptors (Lipinski definition) is 2. The summed E-state index contributed by atoms with van der Waals surface area (Å²) in [4.78, 5) is 2.19. The predicted molar refractivity (Wildman–Crippen MR) is 105 cm³/mol. The first-order valence-electron chi connectivity index (χ1n) is 8.51. The molecule has 0 radical (unpaired) electrons. The SMILES string of the molecule is CN1C(=C=Cc2c(O)ccc3ccccc23)C(C)(C)c2ccccc21. The van der Waals surface area contributed by atoms with Crippen LogP contribution in [0.1, 0.15) is 25.0 Å². The molecule has 0 spiro atoms. The third kappa shape index (κ3) is 2.34. The van der Waals surface area contributed by atoms with Crippen LogP contribution in [0.5, 0.6) is 5.75 Å². The van der Waals surface area contributed by atoms with Crippen molar-refractivity contribution < 1.29 is 5.11 Å². The molecule has 0 saturated heterocycles. The lowest BCUT2D eigenvalue weighted by atomic mass is 9.84. The summed E-state index contributed by atoms with van der Waals surface area (Å²) in [6, 6.07) is 20.2. The zero-order valence-electron chi connectivity index (χ0n) is 14.7. The number of phenols is 1. The molecule has 124 valence electrons. The van der Waals surface area contributed by atoms with Gasteiger partial charge in [0.25, 0.3) is 0 Å². The Kier molecular flexibility index (Phi) is 3.45. The van der Waals surface area contributed by atoms with Crippen LogP contribution in [0.3, 0.4) is 0 Å². The van der Waals surface area contributed by atoms with Crippen molar-refractivity contribution in [1.29, 1.82) is 0 Å². The van der Waals surface area contributed by atoms with Gasteiger partial charge in [-0.1, -0.05) is 54.3 Å². The molecular formula is C23H21NO. The number of rotatable bonds is 1. The van der Waals surface area contributed by atoms with Crippen LogP contribution < -0.4 is 4.90 Å². The largest absolute Gasteiger partial charge is 0.507 e. The minimum atomic E-state index is -0.123. The number of aromatic hydroxyl groups is 1. The predicted octanol–water partition coefficient (Wildman–Crippen LogP) is 5.47. The van der Waals surface area contributed by atoms with Gasteiger partial charge in [-0.15, -0.1) is 0 Å².